The number of carbonyl (C=O) groups is 2. The molecule has 3 aliphatic carbocycles. The van der Waals surface area contributed by atoms with Crippen molar-refractivity contribution in [2.24, 2.45) is 11.1 Å². The van der Waals surface area contributed by atoms with Crippen molar-refractivity contribution < 1.29 is 18.4 Å². The summed E-state index contributed by atoms with van der Waals surface area (Å²) in [4.78, 5) is 27.8. The van der Waals surface area contributed by atoms with Gasteiger partial charge in [0.2, 0.25) is 5.91 Å². The maximum atomic E-state index is 13.7. The Balaban J connectivity index is 1.19. The van der Waals surface area contributed by atoms with Gasteiger partial charge in [-0.05, 0) is 85.3 Å². The third kappa shape index (κ3) is 4.19. The minimum Gasteiger partial charge on any atom is -0.365 e. The summed E-state index contributed by atoms with van der Waals surface area (Å²) in [5, 5.41) is 4.51. The van der Waals surface area contributed by atoms with E-state index in [1.807, 2.05) is 12.1 Å². The van der Waals surface area contributed by atoms with Crippen LogP contribution in [0.3, 0.4) is 0 Å². The number of aromatic nitrogens is 2. The van der Waals surface area contributed by atoms with E-state index in [1.165, 1.54) is 23.8 Å². The lowest BCUT2D eigenvalue weighted by Crippen LogP contribution is -2.47. The molecule has 2 heterocycles. The lowest BCUT2D eigenvalue weighted by atomic mass is 9.51. The molecular formula is C29H29ClF2N4O2. The molecular weight excluding hydrogens is 510 g/mol. The summed E-state index contributed by atoms with van der Waals surface area (Å²) >= 11 is 5.97. The largest absolute Gasteiger partial charge is 0.365 e. The minimum atomic E-state index is -0.647. The molecule has 2 aromatic carbocycles. The lowest BCUT2D eigenvalue weighted by molar-refractivity contribution is -0.137. The number of nitrogens with two attached hydrogens (primary N) is 1. The molecule has 0 spiro atoms. The maximum absolute atomic E-state index is 13.7. The summed E-state index contributed by atoms with van der Waals surface area (Å²) in [7, 11) is 0. The van der Waals surface area contributed by atoms with E-state index in [4.69, 9.17) is 17.3 Å². The molecule has 2 N–H and O–H groups in total. The Labute approximate surface area is 224 Å². The van der Waals surface area contributed by atoms with Gasteiger partial charge in [0.05, 0.1) is 29.4 Å². The first-order chi connectivity index (χ1) is 18.2. The van der Waals surface area contributed by atoms with Crippen LogP contribution in [0.4, 0.5) is 8.78 Å². The van der Waals surface area contributed by atoms with Crippen LogP contribution in [-0.2, 0) is 23.3 Å². The molecule has 38 heavy (non-hydrogen) atoms. The first-order valence-electron chi connectivity index (χ1n) is 13.1. The average Bonchev–Trinajstić information content (AvgIpc) is 3.31. The number of hydrogen-bond donors (Lipinski definition) is 1. The predicted molar refractivity (Wildman–Crippen MR) is 139 cm³/mol. The van der Waals surface area contributed by atoms with Gasteiger partial charge in [-0.25, -0.2) is 8.78 Å². The highest BCUT2D eigenvalue weighted by molar-refractivity contribution is 6.31. The van der Waals surface area contributed by atoms with Crippen LogP contribution in [0.1, 0.15) is 66.6 Å². The van der Waals surface area contributed by atoms with Crippen LogP contribution in [0.5, 0.6) is 0 Å². The fourth-order valence-electron chi connectivity index (χ4n) is 6.83. The molecule has 3 aromatic rings. The third-order valence-electron chi connectivity index (χ3n) is 9.16. The number of primary amides is 1. The third-order valence-corrected chi connectivity index (χ3v) is 9.45. The summed E-state index contributed by atoms with van der Waals surface area (Å²) < 4.78 is 28.9. The molecule has 9 heteroatoms. The molecule has 4 aliphatic rings. The Morgan fingerprint density at radius 2 is 1.66 bits per heavy atom. The molecule has 0 unspecified atom stereocenters. The molecule has 1 aromatic heterocycles. The van der Waals surface area contributed by atoms with Crippen LogP contribution >= 0.6 is 11.6 Å². The highest BCUT2D eigenvalue weighted by Crippen LogP contribution is 2.59. The molecule has 2 bridgehead atoms. The highest BCUT2D eigenvalue weighted by Gasteiger charge is 2.50. The number of rotatable bonds is 5. The van der Waals surface area contributed by atoms with Gasteiger partial charge in [-0.2, -0.15) is 5.10 Å². The average molecular weight is 539 g/mol. The number of carbonyl (C=O) groups excluding carboxylic acids is 2. The van der Waals surface area contributed by atoms with Crippen molar-refractivity contribution in [1.82, 2.24) is 14.7 Å². The van der Waals surface area contributed by atoms with E-state index in [0.717, 1.165) is 38.5 Å². The van der Waals surface area contributed by atoms with E-state index in [1.54, 1.807) is 21.7 Å². The van der Waals surface area contributed by atoms with Crippen molar-refractivity contribution in [2.75, 3.05) is 6.54 Å². The second kappa shape index (κ2) is 9.19. The molecule has 198 valence electrons. The van der Waals surface area contributed by atoms with E-state index >= 15 is 0 Å². The van der Waals surface area contributed by atoms with E-state index < -0.39 is 11.7 Å². The van der Waals surface area contributed by atoms with E-state index in [0.29, 0.717) is 36.5 Å². The monoisotopic (exact) mass is 538 g/mol. The van der Waals surface area contributed by atoms with Crippen molar-refractivity contribution in [3.8, 4) is 11.3 Å². The standard InChI is InChI=1S/C29H29ClF2N4O2/c30-21-15-18(1-6-22(21)32)26-25(27(33)38)23-17-35(13-14-36(23)34-26)24(37)16-28-7-10-29(11-8-28,12-9-28)19-2-4-20(31)5-3-19/h1-6,15H,7-14,16-17H2,(H2,33,38). The normalized spacial score (nSPS) is 24.3. The molecule has 7 rings (SSSR count). The zero-order chi connectivity index (χ0) is 26.7. The zero-order valence-electron chi connectivity index (χ0n) is 21.0. The number of halogens is 3. The van der Waals surface area contributed by atoms with Crippen LogP contribution in [-0.4, -0.2) is 33.0 Å². The van der Waals surface area contributed by atoms with Crippen molar-refractivity contribution in [3.05, 3.63) is 75.9 Å². The van der Waals surface area contributed by atoms with Gasteiger partial charge >= 0.3 is 0 Å². The van der Waals surface area contributed by atoms with Gasteiger partial charge in [0.1, 0.15) is 17.3 Å². The first kappa shape index (κ1) is 25.0. The van der Waals surface area contributed by atoms with Gasteiger partial charge in [0, 0.05) is 18.5 Å². The number of fused-ring (bicyclic) bond motifs is 4. The Kier molecular flexibility index (Phi) is 6.05. The lowest BCUT2D eigenvalue weighted by Gasteiger charge is -2.54. The SMILES string of the molecule is NC(=O)c1c(-c2ccc(F)c(Cl)c2)nn2c1CN(C(=O)CC13CCC(c4ccc(F)cc4)(CC1)CC3)CC2. The number of amides is 2. The Morgan fingerprint density at radius 3 is 2.29 bits per heavy atom. The highest BCUT2D eigenvalue weighted by atomic mass is 35.5. The summed E-state index contributed by atoms with van der Waals surface area (Å²) in [5.41, 5.74) is 8.71. The van der Waals surface area contributed by atoms with Crippen molar-refractivity contribution in [3.63, 3.8) is 0 Å². The van der Waals surface area contributed by atoms with Crippen LogP contribution in [0.25, 0.3) is 11.3 Å². The van der Waals surface area contributed by atoms with Gasteiger partial charge in [-0.15, -0.1) is 0 Å². The van der Waals surface area contributed by atoms with E-state index in [-0.39, 0.29) is 39.7 Å². The Bertz CT molecular complexity index is 1410. The predicted octanol–water partition coefficient (Wildman–Crippen LogP) is 5.61. The molecule has 2 amide bonds. The second-order valence-electron chi connectivity index (χ2n) is 11.2. The Hall–Kier alpha value is -3.26. The van der Waals surface area contributed by atoms with Crippen molar-refractivity contribution >= 4 is 23.4 Å². The maximum Gasteiger partial charge on any atom is 0.252 e. The molecule has 0 atom stereocenters. The van der Waals surface area contributed by atoms with E-state index in [9.17, 15) is 18.4 Å². The molecule has 0 saturated heterocycles. The Morgan fingerprint density at radius 1 is 0.974 bits per heavy atom. The first-order valence-corrected chi connectivity index (χ1v) is 13.5. The van der Waals surface area contributed by atoms with Crippen LogP contribution in [0.2, 0.25) is 5.02 Å². The van der Waals surface area contributed by atoms with Crippen LogP contribution in [0, 0.1) is 17.0 Å². The molecule has 3 saturated carbocycles. The van der Waals surface area contributed by atoms with Crippen molar-refractivity contribution in [1.29, 1.82) is 0 Å². The summed E-state index contributed by atoms with van der Waals surface area (Å²) in [6.45, 7) is 1.18. The quantitative estimate of drug-likeness (QED) is 0.459. The second-order valence-corrected chi connectivity index (χ2v) is 11.6. The number of nitrogens with zero attached hydrogens (tertiary/aromatic N) is 3. The van der Waals surface area contributed by atoms with Crippen LogP contribution in [0.15, 0.2) is 42.5 Å². The minimum absolute atomic E-state index is 0.0148. The van der Waals surface area contributed by atoms with Crippen LogP contribution < -0.4 is 5.73 Å². The summed E-state index contributed by atoms with van der Waals surface area (Å²) in [5.74, 6) is -1.34. The van der Waals surface area contributed by atoms with Gasteiger partial charge in [-0.1, -0.05) is 23.7 Å². The molecule has 1 aliphatic heterocycles. The summed E-state index contributed by atoms with van der Waals surface area (Å²) in [6, 6.07) is 11.1. The van der Waals surface area contributed by atoms with Gasteiger partial charge in [0.25, 0.3) is 5.91 Å². The zero-order valence-corrected chi connectivity index (χ0v) is 21.7. The number of hydrogen-bond acceptors (Lipinski definition) is 3. The summed E-state index contributed by atoms with van der Waals surface area (Å²) in [6.07, 6.45) is 6.43. The number of benzene rings is 2. The molecule has 6 nitrogen and oxygen atoms in total. The topological polar surface area (TPSA) is 81.2 Å². The fraction of sp³-hybridized carbons (Fsp3) is 0.414. The molecule has 3 fully saturated rings. The van der Waals surface area contributed by atoms with E-state index in [2.05, 4.69) is 5.10 Å². The van der Waals surface area contributed by atoms with Gasteiger partial charge in [-0.3, -0.25) is 14.3 Å². The smallest absolute Gasteiger partial charge is 0.252 e. The van der Waals surface area contributed by atoms with Gasteiger partial charge < -0.3 is 10.6 Å². The van der Waals surface area contributed by atoms with Crippen molar-refractivity contribution in [2.45, 2.75) is 63.5 Å². The molecule has 0 radical (unpaired) electrons. The fourth-order valence-corrected chi connectivity index (χ4v) is 7.01. The van der Waals surface area contributed by atoms with Gasteiger partial charge in [0.15, 0.2) is 0 Å².